The number of methoxy groups -OCH3 is 1. The van der Waals surface area contributed by atoms with E-state index in [1.807, 2.05) is 0 Å². The predicted molar refractivity (Wildman–Crippen MR) is 75.9 cm³/mol. The van der Waals surface area contributed by atoms with Gasteiger partial charge in [0.25, 0.3) is 0 Å². The van der Waals surface area contributed by atoms with Crippen LogP contribution in [0.15, 0.2) is 34.8 Å². The van der Waals surface area contributed by atoms with Gasteiger partial charge in [0, 0.05) is 11.6 Å². The molecule has 2 nitrogen and oxygen atoms in total. The summed E-state index contributed by atoms with van der Waals surface area (Å²) in [6.07, 6.45) is -1.17. The molecule has 0 aliphatic heterocycles. The SMILES string of the molecule is COc1ccc(C(O)c2cc(C)c(F)cc2F)cc1Br. The van der Waals surface area contributed by atoms with Crippen molar-refractivity contribution in [1.29, 1.82) is 0 Å². The molecule has 106 valence electrons. The Kier molecular flexibility index (Phi) is 4.40. The normalized spacial score (nSPS) is 12.3. The van der Waals surface area contributed by atoms with Crippen molar-refractivity contribution >= 4 is 15.9 Å². The number of aryl methyl sites for hydroxylation is 1. The number of aliphatic hydroxyl groups excluding tert-OH is 1. The fourth-order valence-corrected chi connectivity index (χ4v) is 2.48. The second-order valence-corrected chi connectivity index (χ2v) is 5.27. The molecule has 0 heterocycles. The molecule has 2 aromatic rings. The van der Waals surface area contributed by atoms with Crippen molar-refractivity contribution in [3.63, 3.8) is 0 Å². The van der Waals surface area contributed by atoms with Crippen LogP contribution in [0, 0.1) is 18.6 Å². The Balaban J connectivity index is 2.43. The minimum absolute atomic E-state index is 0.0426. The molecule has 0 amide bonds. The number of aliphatic hydroxyl groups is 1. The molecule has 1 atom stereocenters. The fourth-order valence-electron chi connectivity index (χ4n) is 1.92. The Labute approximate surface area is 124 Å². The topological polar surface area (TPSA) is 29.5 Å². The third kappa shape index (κ3) is 2.83. The number of halogens is 3. The van der Waals surface area contributed by atoms with Crippen LogP contribution in [-0.2, 0) is 0 Å². The quantitative estimate of drug-likeness (QED) is 0.908. The molecule has 2 aromatic carbocycles. The van der Waals surface area contributed by atoms with Crippen molar-refractivity contribution in [1.82, 2.24) is 0 Å². The molecule has 1 unspecified atom stereocenters. The first-order valence-corrected chi connectivity index (χ1v) is 6.70. The Bertz CT molecular complexity index is 644. The van der Waals surface area contributed by atoms with Gasteiger partial charge in [-0.3, -0.25) is 0 Å². The van der Waals surface area contributed by atoms with Gasteiger partial charge in [-0.25, -0.2) is 8.78 Å². The van der Waals surface area contributed by atoms with Gasteiger partial charge in [-0.1, -0.05) is 6.07 Å². The number of hydrogen-bond acceptors (Lipinski definition) is 2. The van der Waals surface area contributed by atoms with Crippen LogP contribution in [0.2, 0.25) is 0 Å². The van der Waals surface area contributed by atoms with Gasteiger partial charge in [0.1, 0.15) is 23.5 Å². The molecule has 0 fully saturated rings. The standard InChI is InChI=1S/C15H13BrF2O2/c1-8-5-10(13(18)7-12(8)17)15(19)9-3-4-14(20-2)11(16)6-9/h3-7,15,19H,1-2H3. The highest BCUT2D eigenvalue weighted by molar-refractivity contribution is 9.10. The van der Waals surface area contributed by atoms with E-state index in [1.165, 1.54) is 20.1 Å². The molecule has 0 saturated heterocycles. The lowest BCUT2D eigenvalue weighted by molar-refractivity contribution is 0.214. The molecular weight excluding hydrogens is 330 g/mol. The Morgan fingerprint density at radius 2 is 1.85 bits per heavy atom. The third-order valence-corrected chi connectivity index (χ3v) is 3.68. The summed E-state index contributed by atoms with van der Waals surface area (Å²) in [4.78, 5) is 0. The smallest absolute Gasteiger partial charge is 0.133 e. The van der Waals surface area contributed by atoms with Crippen LogP contribution < -0.4 is 4.74 Å². The maximum absolute atomic E-state index is 13.8. The van der Waals surface area contributed by atoms with E-state index < -0.39 is 17.7 Å². The van der Waals surface area contributed by atoms with E-state index in [0.29, 0.717) is 15.8 Å². The largest absolute Gasteiger partial charge is 0.496 e. The zero-order valence-electron chi connectivity index (χ0n) is 11.0. The van der Waals surface area contributed by atoms with Crippen molar-refractivity contribution < 1.29 is 18.6 Å². The van der Waals surface area contributed by atoms with Gasteiger partial charge in [-0.2, -0.15) is 0 Å². The van der Waals surface area contributed by atoms with E-state index in [9.17, 15) is 13.9 Å². The predicted octanol–water partition coefficient (Wildman–Crippen LogP) is 4.13. The van der Waals surface area contributed by atoms with Gasteiger partial charge in [-0.05, 0) is 52.2 Å². The molecule has 0 aromatic heterocycles. The van der Waals surface area contributed by atoms with Crippen LogP contribution in [0.5, 0.6) is 5.75 Å². The van der Waals surface area contributed by atoms with Gasteiger partial charge in [-0.15, -0.1) is 0 Å². The zero-order valence-corrected chi connectivity index (χ0v) is 12.5. The van der Waals surface area contributed by atoms with Gasteiger partial charge < -0.3 is 9.84 Å². The molecule has 5 heteroatoms. The number of ether oxygens (including phenoxy) is 1. The Morgan fingerprint density at radius 1 is 1.15 bits per heavy atom. The first-order valence-electron chi connectivity index (χ1n) is 5.91. The van der Waals surface area contributed by atoms with E-state index in [0.717, 1.165) is 6.07 Å². The van der Waals surface area contributed by atoms with E-state index in [-0.39, 0.29) is 11.1 Å². The molecule has 0 saturated carbocycles. The summed E-state index contributed by atoms with van der Waals surface area (Å²) in [6.45, 7) is 1.52. The molecule has 20 heavy (non-hydrogen) atoms. The molecule has 0 spiro atoms. The second kappa shape index (κ2) is 5.89. The summed E-state index contributed by atoms with van der Waals surface area (Å²) in [5, 5.41) is 10.3. The first kappa shape index (κ1) is 14.9. The van der Waals surface area contributed by atoms with Crippen molar-refractivity contribution in [3.8, 4) is 5.75 Å². The molecule has 1 N–H and O–H groups in total. The number of rotatable bonds is 3. The summed E-state index contributed by atoms with van der Waals surface area (Å²) >= 11 is 3.30. The summed E-state index contributed by atoms with van der Waals surface area (Å²) < 4.78 is 32.8. The summed E-state index contributed by atoms with van der Waals surface area (Å²) in [7, 11) is 1.53. The lowest BCUT2D eigenvalue weighted by Gasteiger charge is -2.15. The average Bonchev–Trinajstić information content (AvgIpc) is 2.42. The average molecular weight is 343 g/mol. The monoisotopic (exact) mass is 342 g/mol. The van der Waals surface area contributed by atoms with Crippen molar-refractivity contribution in [2.75, 3.05) is 7.11 Å². The van der Waals surface area contributed by atoms with Crippen LogP contribution in [0.4, 0.5) is 8.78 Å². The van der Waals surface area contributed by atoms with Crippen molar-refractivity contribution in [3.05, 3.63) is 63.1 Å². The number of benzene rings is 2. The molecular formula is C15H13BrF2O2. The summed E-state index contributed by atoms with van der Waals surface area (Å²) in [6, 6.07) is 7.03. The van der Waals surface area contributed by atoms with Crippen LogP contribution in [0.25, 0.3) is 0 Å². The van der Waals surface area contributed by atoms with E-state index >= 15 is 0 Å². The molecule has 0 aliphatic rings. The van der Waals surface area contributed by atoms with Crippen LogP contribution in [0.3, 0.4) is 0 Å². The Morgan fingerprint density at radius 3 is 2.45 bits per heavy atom. The third-order valence-electron chi connectivity index (χ3n) is 3.06. The molecule has 0 aliphatic carbocycles. The molecule has 2 rings (SSSR count). The van der Waals surface area contributed by atoms with Gasteiger partial charge in [0.05, 0.1) is 11.6 Å². The lowest BCUT2D eigenvalue weighted by Crippen LogP contribution is -2.04. The minimum Gasteiger partial charge on any atom is -0.496 e. The van der Waals surface area contributed by atoms with Crippen LogP contribution in [-0.4, -0.2) is 12.2 Å². The van der Waals surface area contributed by atoms with Gasteiger partial charge >= 0.3 is 0 Å². The van der Waals surface area contributed by atoms with E-state index in [4.69, 9.17) is 4.74 Å². The summed E-state index contributed by atoms with van der Waals surface area (Å²) in [5.41, 5.74) is 0.816. The Hall–Kier alpha value is -1.46. The van der Waals surface area contributed by atoms with E-state index in [1.54, 1.807) is 18.2 Å². The molecule has 0 radical (unpaired) electrons. The van der Waals surface area contributed by atoms with Gasteiger partial charge in [0.2, 0.25) is 0 Å². The lowest BCUT2D eigenvalue weighted by atomic mass is 9.99. The van der Waals surface area contributed by atoms with Crippen LogP contribution >= 0.6 is 15.9 Å². The maximum atomic E-state index is 13.8. The first-order chi connectivity index (χ1) is 9.43. The maximum Gasteiger partial charge on any atom is 0.133 e. The second-order valence-electron chi connectivity index (χ2n) is 4.42. The fraction of sp³-hybridized carbons (Fsp3) is 0.200. The zero-order chi connectivity index (χ0) is 14.9. The van der Waals surface area contributed by atoms with Gasteiger partial charge in [0.15, 0.2) is 0 Å². The summed E-state index contributed by atoms with van der Waals surface area (Å²) in [5.74, 6) is -0.793. The van der Waals surface area contributed by atoms with Crippen molar-refractivity contribution in [2.24, 2.45) is 0 Å². The van der Waals surface area contributed by atoms with E-state index in [2.05, 4.69) is 15.9 Å². The highest BCUT2D eigenvalue weighted by atomic mass is 79.9. The minimum atomic E-state index is -1.17. The molecule has 0 bridgehead atoms. The van der Waals surface area contributed by atoms with Crippen LogP contribution in [0.1, 0.15) is 22.8 Å². The number of hydrogen-bond donors (Lipinski definition) is 1. The highest BCUT2D eigenvalue weighted by Crippen LogP contribution is 2.32. The highest BCUT2D eigenvalue weighted by Gasteiger charge is 2.18. The van der Waals surface area contributed by atoms with Crippen molar-refractivity contribution in [2.45, 2.75) is 13.0 Å².